The summed E-state index contributed by atoms with van der Waals surface area (Å²) in [4.78, 5) is 25.3. The Morgan fingerprint density at radius 1 is 1.09 bits per heavy atom. The van der Waals surface area contributed by atoms with Crippen LogP contribution in [-0.2, 0) is 16.9 Å². The molecule has 4 atom stereocenters. The van der Waals surface area contributed by atoms with E-state index in [9.17, 15) is 19.3 Å². The fourth-order valence-corrected chi connectivity index (χ4v) is 5.31. The number of para-hydroxylation sites is 1. The van der Waals surface area contributed by atoms with Crippen LogP contribution in [0.1, 0.15) is 29.5 Å². The van der Waals surface area contributed by atoms with Crippen LogP contribution in [0.3, 0.4) is 0 Å². The molecule has 1 spiro atoms. The molecular weight excluding hydrogens is 453 g/mol. The molecule has 8 nitrogen and oxygen atoms in total. The number of hydrogen-bond acceptors (Lipinski definition) is 6. The quantitative estimate of drug-likeness (QED) is 0.411. The highest BCUT2D eigenvalue weighted by atomic mass is 19.1. The van der Waals surface area contributed by atoms with Gasteiger partial charge < -0.3 is 14.8 Å². The van der Waals surface area contributed by atoms with Gasteiger partial charge in [-0.25, -0.2) is 4.39 Å². The third kappa shape index (κ3) is 3.68. The second-order valence-corrected chi connectivity index (χ2v) is 8.82. The first-order valence-electron chi connectivity index (χ1n) is 11.2. The highest BCUT2D eigenvalue weighted by Gasteiger charge is 2.67. The lowest BCUT2D eigenvalue weighted by atomic mass is 9.78. The number of rotatable bonds is 6. The van der Waals surface area contributed by atoms with Gasteiger partial charge in [-0.3, -0.25) is 20.2 Å². The van der Waals surface area contributed by atoms with Crippen molar-refractivity contribution in [3.05, 3.63) is 99.4 Å². The van der Waals surface area contributed by atoms with Crippen molar-refractivity contribution in [1.82, 2.24) is 5.32 Å². The van der Waals surface area contributed by atoms with Gasteiger partial charge in [0.05, 0.1) is 13.0 Å². The van der Waals surface area contributed by atoms with E-state index in [-0.39, 0.29) is 23.4 Å². The number of nitrogens with zero attached hydrogens (tertiary/aromatic N) is 1. The Morgan fingerprint density at radius 3 is 2.54 bits per heavy atom. The molecule has 2 aliphatic rings. The monoisotopic (exact) mass is 477 g/mol. The maximum Gasteiger partial charge on any atom is 0.256 e. The molecule has 2 aliphatic heterocycles. The Bertz CT molecular complexity index is 1300. The molecule has 3 aromatic rings. The predicted octanol–water partition coefficient (Wildman–Crippen LogP) is 3.98. The van der Waals surface area contributed by atoms with Gasteiger partial charge in [-0.05, 0) is 48.4 Å². The Kier molecular flexibility index (Phi) is 5.64. The summed E-state index contributed by atoms with van der Waals surface area (Å²) in [5.41, 5.74) is 1.12. The summed E-state index contributed by atoms with van der Waals surface area (Å²) in [5, 5.41) is 18.5. The summed E-state index contributed by atoms with van der Waals surface area (Å²) >= 11 is 0. The predicted molar refractivity (Wildman–Crippen MR) is 127 cm³/mol. The number of anilines is 1. The number of hydrogen-bond donors (Lipinski definition) is 2. The lowest BCUT2D eigenvalue weighted by Crippen LogP contribution is -2.54. The van der Waals surface area contributed by atoms with Crippen LogP contribution in [0.4, 0.5) is 10.1 Å². The number of amides is 1. The maximum atomic E-state index is 13.2. The maximum absolute atomic E-state index is 13.2. The number of ether oxygens (including phenoxy) is 2. The Hall–Kier alpha value is -3.98. The largest absolute Gasteiger partial charge is 0.493 e. The summed E-state index contributed by atoms with van der Waals surface area (Å²) in [5.74, 6) is -0.499. The van der Waals surface area contributed by atoms with E-state index < -0.39 is 23.4 Å². The van der Waals surface area contributed by atoms with Crippen molar-refractivity contribution in [1.29, 1.82) is 0 Å². The lowest BCUT2D eigenvalue weighted by Gasteiger charge is -2.25. The van der Waals surface area contributed by atoms with E-state index in [1.54, 1.807) is 54.6 Å². The number of nitrogens with one attached hydrogen (secondary N) is 2. The first-order chi connectivity index (χ1) is 16.8. The van der Waals surface area contributed by atoms with Gasteiger partial charge in [0.15, 0.2) is 17.0 Å². The summed E-state index contributed by atoms with van der Waals surface area (Å²) < 4.78 is 24.6. The van der Waals surface area contributed by atoms with Crippen LogP contribution in [0.5, 0.6) is 11.5 Å². The number of fused-ring (bicyclic) bond motifs is 2. The molecule has 180 valence electrons. The third-order valence-corrected chi connectivity index (χ3v) is 6.84. The SMILES string of the molecule is COc1cc([C@@H]2[C@H](C)N[C@]3(C(=O)Nc4ccccc43)[C@H]2[N+](=O)[O-])ccc1OCc1ccc(F)cc1. The average Bonchev–Trinajstić information content (AvgIpc) is 3.32. The highest BCUT2D eigenvalue weighted by Crippen LogP contribution is 2.50. The van der Waals surface area contributed by atoms with Gasteiger partial charge in [0.1, 0.15) is 12.4 Å². The van der Waals surface area contributed by atoms with Crippen molar-refractivity contribution in [3.8, 4) is 11.5 Å². The van der Waals surface area contributed by atoms with Gasteiger partial charge in [0.2, 0.25) is 0 Å². The second-order valence-electron chi connectivity index (χ2n) is 8.82. The van der Waals surface area contributed by atoms with E-state index in [0.29, 0.717) is 28.3 Å². The standard InChI is InChI=1S/C26H24FN3O5/c1-15-23(24(30(32)33)26(29-15)19-5-3-4-6-20(19)28-25(26)31)17-9-12-21(22(13-17)34-2)35-14-16-7-10-18(27)11-8-16/h3-13,15,23-24,29H,14H2,1-2H3,(H,28,31)/t15-,23-,24-,26-/m0/s1. The van der Waals surface area contributed by atoms with E-state index in [4.69, 9.17) is 9.47 Å². The minimum Gasteiger partial charge on any atom is -0.493 e. The Morgan fingerprint density at radius 2 is 1.83 bits per heavy atom. The van der Waals surface area contributed by atoms with Crippen LogP contribution in [0.25, 0.3) is 0 Å². The smallest absolute Gasteiger partial charge is 0.256 e. The number of benzene rings is 3. The van der Waals surface area contributed by atoms with Crippen LogP contribution in [0, 0.1) is 15.9 Å². The summed E-state index contributed by atoms with van der Waals surface area (Å²) in [6, 6.07) is 16.6. The van der Waals surface area contributed by atoms with E-state index >= 15 is 0 Å². The molecule has 2 N–H and O–H groups in total. The van der Waals surface area contributed by atoms with Gasteiger partial charge >= 0.3 is 0 Å². The molecule has 3 aromatic carbocycles. The molecule has 0 unspecified atom stereocenters. The average molecular weight is 477 g/mol. The number of methoxy groups -OCH3 is 1. The Labute approximate surface area is 201 Å². The fraction of sp³-hybridized carbons (Fsp3) is 0.269. The first kappa shape index (κ1) is 22.8. The van der Waals surface area contributed by atoms with Crippen LogP contribution in [0.15, 0.2) is 66.7 Å². The number of nitro groups is 1. The summed E-state index contributed by atoms with van der Waals surface area (Å²) in [7, 11) is 1.49. The highest BCUT2D eigenvalue weighted by molar-refractivity contribution is 6.07. The van der Waals surface area contributed by atoms with Crippen LogP contribution >= 0.6 is 0 Å². The lowest BCUT2D eigenvalue weighted by molar-refractivity contribution is -0.532. The van der Waals surface area contributed by atoms with E-state index in [1.807, 2.05) is 6.92 Å². The Balaban J connectivity index is 1.48. The van der Waals surface area contributed by atoms with Gasteiger partial charge in [0, 0.05) is 22.2 Å². The third-order valence-electron chi connectivity index (χ3n) is 6.84. The molecule has 35 heavy (non-hydrogen) atoms. The van der Waals surface area contributed by atoms with Crippen molar-refractivity contribution < 1.29 is 23.6 Å². The summed E-state index contributed by atoms with van der Waals surface area (Å²) in [6.45, 7) is 2.05. The van der Waals surface area contributed by atoms with E-state index in [1.165, 1.54) is 19.2 Å². The van der Waals surface area contributed by atoms with E-state index in [0.717, 1.165) is 5.56 Å². The zero-order valence-corrected chi connectivity index (χ0v) is 19.2. The number of carbonyl (C=O) groups excluding carboxylic acids is 1. The number of halogens is 1. The molecule has 0 aromatic heterocycles. The normalized spacial score (nSPS) is 24.8. The van der Waals surface area contributed by atoms with E-state index in [2.05, 4.69) is 10.6 Å². The minimum absolute atomic E-state index is 0.203. The molecular formula is C26H24FN3O5. The fourth-order valence-electron chi connectivity index (χ4n) is 5.31. The topological polar surface area (TPSA) is 103 Å². The molecule has 9 heteroatoms. The zero-order chi connectivity index (χ0) is 24.7. The number of carbonyl (C=O) groups is 1. The van der Waals surface area contributed by atoms with Crippen molar-refractivity contribution in [2.45, 2.75) is 37.1 Å². The molecule has 0 aliphatic carbocycles. The van der Waals surface area contributed by atoms with Crippen molar-refractivity contribution in [2.24, 2.45) is 0 Å². The summed E-state index contributed by atoms with van der Waals surface area (Å²) in [6.07, 6.45) is 0. The molecule has 0 saturated carbocycles. The van der Waals surface area contributed by atoms with Gasteiger partial charge in [-0.2, -0.15) is 0 Å². The van der Waals surface area contributed by atoms with Gasteiger partial charge in [0.25, 0.3) is 11.9 Å². The van der Waals surface area contributed by atoms with Crippen LogP contribution < -0.4 is 20.1 Å². The molecule has 0 bridgehead atoms. The first-order valence-corrected chi connectivity index (χ1v) is 11.2. The van der Waals surface area contributed by atoms with Crippen LogP contribution in [-0.4, -0.2) is 30.0 Å². The minimum atomic E-state index is -1.48. The zero-order valence-electron chi connectivity index (χ0n) is 19.2. The molecule has 1 amide bonds. The van der Waals surface area contributed by atoms with Crippen LogP contribution in [0.2, 0.25) is 0 Å². The van der Waals surface area contributed by atoms with Crippen molar-refractivity contribution in [2.75, 3.05) is 12.4 Å². The van der Waals surface area contributed by atoms with Crippen molar-refractivity contribution in [3.63, 3.8) is 0 Å². The van der Waals surface area contributed by atoms with Gasteiger partial charge in [-0.15, -0.1) is 0 Å². The molecule has 1 fully saturated rings. The molecule has 5 rings (SSSR count). The van der Waals surface area contributed by atoms with Crippen molar-refractivity contribution >= 4 is 11.6 Å². The molecule has 2 heterocycles. The van der Waals surface area contributed by atoms with Gasteiger partial charge in [-0.1, -0.05) is 36.4 Å². The molecule has 0 radical (unpaired) electrons. The molecule has 1 saturated heterocycles. The second kappa shape index (κ2) is 8.66.